The van der Waals surface area contributed by atoms with Crippen LogP contribution in [0.25, 0.3) is 0 Å². The lowest BCUT2D eigenvalue weighted by atomic mass is 10.5. The number of amides is 1. The van der Waals surface area contributed by atoms with Crippen molar-refractivity contribution >= 4 is 23.5 Å². The third-order valence-electron chi connectivity index (χ3n) is 1.49. The van der Waals surface area contributed by atoms with Gasteiger partial charge in [0.1, 0.15) is 12.4 Å². The van der Waals surface area contributed by atoms with Gasteiger partial charge in [-0.15, -0.1) is 11.8 Å². The minimum absolute atomic E-state index is 0.0411. The van der Waals surface area contributed by atoms with Crippen LogP contribution in [-0.4, -0.2) is 23.2 Å². The summed E-state index contributed by atoms with van der Waals surface area (Å²) < 4.78 is 0. The van der Waals surface area contributed by atoms with Crippen LogP contribution in [0.5, 0.6) is 0 Å². The van der Waals surface area contributed by atoms with Crippen molar-refractivity contribution < 1.29 is 4.79 Å². The first-order chi connectivity index (χ1) is 7.22. The molecule has 6 heteroatoms. The summed E-state index contributed by atoms with van der Waals surface area (Å²) in [6, 6.07) is 5.31. The summed E-state index contributed by atoms with van der Waals surface area (Å²) in [5.74, 6) is 0.555. The van der Waals surface area contributed by atoms with Gasteiger partial charge in [0.2, 0.25) is 5.91 Å². The van der Waals surface area contributed by atoms with Crippen LogP contribution in [0, 0.1) is 11.3 Å². The molecule has 0 fully saturated rings. The van der Waals surface area contributed by atoms with Gasteiger partial charge in [0.05, 0.1) is 11.8 Å². The quantitative estimate of drug-likeness (QED) is 0.568. The number of hydrogen-bond donors (Lipinski definition) is 2. The van der Waals surface area contributed by atoms with E-state index in [1.165, 1.54) is 11.8 Å². The molecule has 0 saturated heterocycles. The Morgan fingerprint density at radius 1 is 1.67 bits per heavy atom. The number of thioether (sulfide) groups is 1. The maximum Gasteiger partial charge on any atom is 0.231 e. The Kier molecular flexibility index (Phi) is 4.44. The molecule has 1 aromatic rings. The number of anilines is 1. The molecule has 1 rings (SSSR count). The second-order valence-electron chi connectivity index (χ2n) is 2.64. The lowest BCUT2D eigenvalue weighted by molar-refractivity contribution is -0.118. The minimum atomic E-state index is -0.168. The third kappa shape index (κ3) is 4.33. The normalized spacial score (nSPS) is 9.27. The lowest BCUT2D eigenvalue weighted by Crippen LogP contribution is -2.25. The minimum Gasteiger partial charge on any atom is -0.384 e. The zero-order valence-corrected chi connectivity index (χ0v) is 8.75. The largest absolute Gasteiger partial charge is 0.384 e. The zero-order chi connectivity index (χ0) is 11.1. The molecule has 0 aliphatic heterocycles. The highest BCUT2D eigenvalue weighted by Crippen LogP contribution is 2.16. The van der Waals surface area contributed by atoms with Gasteiger partial charge in [-0.2, -0.15) is 5.26 Å². The van der Waals surface area contributed by atoms with Crippen molar-refractivity contribution in [3.8, 4) is 6.07 Å². The van der Waals surface area contributed by atoms with Gasteiger partial charge in [-0.1, -0.05) is 0 Å². The molecule has 0 aliphatic carbocycles. The van der Waals surface area contributed by atoms with Gasteiger partial charge in [0, 0.05) is 11.1 Å². The Labute approximate surface area is 91.7 Å². The summed E-state index contributed by atoms with van der Waals surface area (Å²) in [6.45, 7) is 0.0411. The molecular formula is C9H10N4OS. The van der Waals surface area contributed by atoms with E-state index in [4.69, 9.17) is 11.0 Å². The van der Waals surface area contributed by atoms with Crippen LogP contribution in [0.15, 0.2) is 23.2 Å². The lowest BCUT2D eigenvalue weighted by Gasteiger charge is -2.01. The number of nitrogen functional groups attached to an aromatic ring is 1. The molecule has 15 heavy (non-hydrogen) atoms. The number of nitrogens with zero attached hydrogens (tertiary/aromatic N) is 2. The van der Waals surface area contributed by atoms with Crippen LogP contribution in [0.3, 0.4) is 0 Å². The summed E-state index contributed by atoms with van der Waals surface area (Å²) >= 11 is 1.35. The van der Waals surface area contributed by atoms with Crippen LogP contribution in [0.1, 0.15) is 0 Å². The van der Waals surface area contributed by atoms with E-state index in [0.29, 0.717) is 5.82 Å². The number of pyridine rings is 1. The standard InChI is InChI=1S/C9H10N4OS/c10-3-4-12-9(14)6-15-7-1-2-8(11)13-5-7/h1-2,5H,4,6H2,(H2,11,13)(H,12,14). The highest BCUT2D eigenvalue weighted by atomic mass is 32.2. The van der Waals surface area contributed by atoms with Gasteiger partial charge in [-0.25, -0.2) is 4.98 Å². The number of nitrogens with two attached hydrogens (primary N) is 1. The van der Waals surface area contributed by atoms with Gasteiger partial charge in [0.15, 0.2) is 0 Å². The maximum atomic E-state index is 11.1. The SMILES string of the molecule is N#CCNC(=O)CSc1ccc(N)nc1. The van der Waals surface area contributed by atoms with E-state index in [1.807, 2.05) is 6.07 Å². The van der Waals surface area contributed by atoms with Gasteiger partial charge in [0.25, 0.3) is 0 Å². The second kappa shape index (κ2) is 5.88. The molecule has 0 unspecified atom stereocenters. The van der Waals surface area contributed by atoms with Crippen molar-refractivity contribution in [2.75, 3.05) is 18.0 Å². The molecule has 0 aliphatic rings. The van der Waals surface area contributed by atoms with Crippen LogP contribution in [-0.2, 0) is 4.79 Å². The topological polar surface area (TPSA) is 91.8 Å². The maximum absolute atomic E-state index is 11.1. The number of nitriles is 1. The number of nitrogens with one attached hydrogen (secondary N) is 1. The Hall–Kier alpha value is -1.74. The van der Waals surface area contributed by atoms with Crippen molar-refractivity contribution in [3.63, 3.8) is 0 Å². The zero-order valence-electron chi connectivity index (χ0n) is 7.93. The summed E-state index contributed by atoms with van der Waals surface area (Å²) in [7, 11) is 0. The number of rotatable bonds is 4. The van der Waals surface area contributed by atoms with E-state index in [9.17, 15) is 4.79 Å². The highest BCUT2D eigenvalue weighted by molar-refractivity contribution is 8.00. The number of hydrogen-bond acceptors (Lipinski definition) is 5. The number of carbonyl (C=O) groups excluding carboxylic acids is 1. The molecule has 5 nitrogen and oxygen atoms in total. The van der Waals surface area contributed by atoms with Crippen LogP contribution < -0.4 is 11.1 Å². The first kappa shape index (κ1) is 11.3. The molecule has 0 spiro atoms. The van der Waals surface area contributed by atoms with Crippen molar-refractivity contribution in [1.82, 2.24) is 10.3 Å². The molecule has 1 heterocycles. The second-order valence-corrected chi connectivity index (χ2v) is 3.69. The Morgan fingerprint density at radius 2 is 2.47 bits per heavy atom. The van der Waals surface area contributed by atoms with Crippen LogP contribution in [0.4, 0.5) is 5.82 Å². The predicted octanol–water partition coefficient (Wildman–Crippen LogP) is 0.396. The Morgan fingerprint density at radius 3 is 3.07 bits per heavy atom. The van der Waals surface area contributed by atoms with Crippen LogP contribution in [0.2, 0.25) is 0 Å². The first-order valence-electron chi connectivity index (χ1n) is 4.20. The van der Waals surface area contributed by atoms with Gasteiger partial charge in [-0.05, 0) is 12.1 Å². The summed E-state index contributed by atoms with van der Waals surface area (Å²) in [5.41, 5.74) is 5.41. The summed E-state index contributed by atoms with van der Waals surface area (Å²) in [6.07, 6.45) is 1.61. The number of aromatic nitrogens is 1. The van der Waals surface area contributed by atoms with Crippen LogP contribution >= 0.6 is 11.8 Å². The van der Waals surface area contributed by atoms with E-state index in [2.05, 4.69) is 10.3 Å². The molecule has 0 aromatic carbocycles. The van der Waals surface area contributed by atoms with Gasteiger partial charge >= 0.3 is 0 Å². The van der Waals surface area contributed by atoms with E-state index in [-0.39, 0.29) is 18.2 Å². The van der Waals surface area contributed by atoms with Crippen molar-refractivity contribution in [2.45, 2.75) is 4.90 Å². The monoisotopic (exact) mass is 222 g/mol. The molecule has 3 N–H and O–H groups in total. The molecule has 1 aromatic heterocycles. The molecule has 78 valence electrons. The average molecular weight is 222 g/mol. The van der Waals surface area contributed by atoms with E-state index < -0.39 is 0 Å². The smallest absolute Gasteiger partial charge is 0.231 e. The van der Waals surface area contributed by atoms with Crippen molar-refractivity contribution in [1.29, 1.82) is 5.26 Å². The highest BCUT2D eigenvalue weighted by Gasteiger charge is 2.01. The third-order valence-corrected chi connectivity index (χ3v) is 2.48. The molecule has 0 atom stereocenters. The first-order valence-corrected chi connectivity index (χ1v) is 5.19. The summed E-state index contributed by atoms with van der Waals surface area (Å²) in [5, 5.41) is 10.7. The van der Waals surface area contributed by atoms with E-state index in [0.717, 1.165) is 4.90 Å². The molecule has 1 amide bonds. The van der Waals surface area contributed by atoms with E-state index >= 15 is 0 Å². The summed E-state index contributed by atoms with van der Waals surface area (Å²) in [4.78, 5) is 15.9. The molecule has 0 saturated carbocycles. The van der Waals surface area contributed by atoms with E-state index in [1.54, 1.807) is 18.3 Å². The fraction of sp³-hybridized carbons (Fsp3) is 0.222. The van der Waals surface area contributed by atoms with Crippen molar-refractivity contribution in [2.24, 2.45) is 0 Å². The average Bonchev–Trinajstić information content (AvgIpc) is 2.25. The predicted molar refractivity (Wildman–Crippen MR) is 58.0 cm³/mol. The Bertz CT molecular complexity index is 371. The molecular weight excluding hydrogens is 212 g/mol. The number of carbonyl (C=O) groups is 1. The fourth-order valence-electron chi connectivity index (χ4n) is 0.815. The van der Waals surface area contributed by atoms with Crippen molar-refractivity contribution in [3.05, 3.63) is 18.3 Å². The Balaban J connectivity index is 2.34. The molecule has 0 bridgehead atoms. The van der Waals surface area contributed by atoms with Gasteiger partial charge < -0.3 is 11.1 Å². The molecule has 0 radical (unpaired) electrons. The van der Waals surface area contributed by atoms with Gasteiger partial charge in [-0.3, -0.25) is 4.79 Å². The fourth-order valence-corrected chi connectivity index (χ4v) is 1.51.